The summed E-state index contributed by atoms with van der Waals surface area (Å²) in [6.45, 7) is 1.91. The summed E-state index contributed by atoms with van der Waals surface area (Å²) in [6, 6.07) is 0. The normalized spacial score (nSPS) is 10.0. The van der Waals surface area contributed by atoms with E-state index in [4.69, 9.17) is 5.11 Å². The van der Waals surface area contributed by atoms with Crippen LogP contribution in [0.25, 0.3) is 0 Å². The second kappa shape index (κ2) is 2.74. The fourth-order valence-corrected chi connectivity index (χ4v) is 1.06. The van der Waals surface area contributed by atoms with Crippen molar-refractivity contribution in [1.29, 1.82) is 0 Å². The van der Waals surface area contributed by atoms with Gasteiger partial charge in [-0.1, -0.05) is 6.92 Å². The molecule has 0 radical (unpaired) electrons. The highest BCUT2D eigenvalue weighted by molar-refractivity contribution is 5.88. The minimum atomic E-state index is -0.907. The lowest BCUT2D eigenvalue weighted by molar-refractivity contribution is 0.0695. The van der Waals surface area contributed by atoms with Crippen LogP contribution in [0.2, 0.25) is 0 Å². The lowest BCUT2D eigenvalue weighted by atomic mass is 10.2. The maximum atomic E-state index is 10.5. The molecule has 0 atom stereocenters. The number of hydrogen-bond acceptors (Lipinski definition) is 2. The van der Waals surface area contributed by atoms with Gasteiger partial charge in [0.1, 0.15) is 5.56 Å². The van der Waals surface area contributed by atoms with Crippen LogP contribution in [-0.2, 0) is 13.5 Å². The first-order chi connectivity index (χ1) is 5.16. The molecule has 0 amide bonds. The van der Waals surface area contributed by atoms with E-state index in [1.54, 1.807) is 11.7 Å². The Morgan fingerprint density at radius 1 is 1.82 bits per heavy atom. The number of carboxylic acid groups (broad SMARTS) is 1. The third-order valence-corrected chi connectivity index (χ3v) is 1.63. The highest BCUT2D eigenvalue weighted by Gasteiger charge is 2.12. The van der Waals surface area contributed by atoms with E-state index in [1.165, 1.54) is 6.20 Å². The summed E-state index contributed by atoms with van der Waals surface area (Å²) in [7, 11) is 1.74. The van der Waals surface area contributed by atoms with Crippen molar-refractivity contribution >= 4 is 5.97 Å². The van der Waals surface area contributed by atoms with Crippen molar-refractivity contribution < 1.29 is 9.90 Å². The van der Waals surface area contributed by atoms with E-state index < -0.39 is 5.97 Å². The number of carboxylic acids is 1. The number of aromatic carboxylic acids is 1. The van der Waals surface area contributed by atoms with E-state index in [0.29, 0.717) is 12.0 Å². The van der Waals surface area contributed by atoms with Crippen LogP contribution in [0.3, 0.4) is 0 Å². The van der Waals surface area contributed by atoms with Gasteiger partial charge in [0.2, 0.25) is 0 Å². The zero-order valence-electron chi connectivity index (χ0n) is 6.53. The van der Waals surface area contributed by atoms with E-state index in [2.05, 4.69) is 5.10 Å². The summed E-state index contributed by atoms with van der Waals surface area (Å²) < 4.78 is 1.59. The molecule has 4 heteroatoms. The summed E-state index contributed by atoms with van der Waals surface area (Å²) in [5.74, 6) is -0.907. The molecule has 0 aliphatic heterocycles. The maximum Gasteiger partial charge on any atom is 0.339 e. The fraction of sp³-hybridized carbons (Fsp3) is 0.429. The molecule has 1 aromatic heterocycles. The maximum absolute atomic E-state index is 10.5. The number of nitrogens with zero attached hydrogens (tertiary/aromatic N) is 2. The van der Waals surface area contributed by atoms with Crippen molar-refractivity contribution in [1.82, 2.24) is 9.78 Å². The molecular weight excluding hydrogens is 144 g/mol. The van der Waals surface area contributed by atoms with Crippen molar-refractivity contribution in [2.24, 2.45) is 7.05 Å². The standard InChI is InChI=1S/C7H10N2O2/c1-3-6-5(7(10)11)4-8-9(6)2/h4H,3H2,1-2H3,(H,10,11). The van der Waals surface area contributed by atoms with Crippen LogP contribution >= 0.6 is 0 Å². The Morgan fingerprint density at radius 3 is 2.82 bits per heavy atom. The molecule has 0 unspecified atom stereocenters. The summed E-state index contributed by atoms with van der Waals surface area (Å²) in [4.78, 5) is 10.5. The zero-order chi connectivity index (χ0) is 8.43. The average Bonchev–Trinajstić information content (AvgIpc) is 2.30. The molecule has 0 aromatic carbocycles. The molecule has 0 aliphatic carbocycles. The zero-order valence-corrected chi connectivity index (χ0v) is 6.53. The van der Waals surface area contributed by atoms with E-state index in [-0.39, 0.29) is 0 Å². The van der Waals surface area contributed by atoms with Crippen molar-refractivity contribution in [3.05, 3.63) is 17.5 Å². The second-order valence-electron chi connectivity index (χ2n) is 2.29. The van der Waals surface area contributed by atoms with Crippen LogP contribution in [0.15, 0.2) is 6.20 Å². The Morgan fingerprint density at radius 2 is 2.45 bits per heavy atom. The van der Waals surface area contributed by atoms with Crippen LogP contribution in [0.5, 0.6) is 0 Å². The van der Waals surface area contributed by atoms with Crippen LogP contribution in [-0.4, -0.2) is 20.9 Å². The summed E-state index contributed by atoms with van der Waals surface area (Å²) in [5, 5.41) is 12.5. The number of aryl methyl sites for hydroxylation is 1. The first-order valence-corrected chi connectivity index (χ1v) is 3.41. The molecule has 11 heavy (non-hydrogen) atoms. The molecule has 0 bridgehead atoms. The van der Waals surface area contributed by atoms with Gasteiger partial charge in [0.15, 0.2) is 0 Å². The Kier molecular flexibility index (Phi) is 1.94. The number of hydrogen-bond donors (Lipinski definition) is 1. The SMILES string of the molecule is CCc1c(C(=O)O)cnn1C. The van der Waals surface area contributed by atoms with Gasteiger partial charge in [-0.25, -0.2) is 4.79 Å². The quantitative estimate of drug-likeness (QED) is 0.681. The molecule has 0 saturated heterocycles. The number of aromatic nitrogens is 2. The molecule has 1 rings (SSSR count). The minimum absolute atomic E-state index is 0.301. The van der Waals surface area contributed by atoms with E-state index >= 15 is 0 Å². The lowest BCUT2D eigenvalue weighted by Gasteiger charge is -1.97. The third-order valence-electron chi connectivity index (χ3n) is 1.63. The van der Waals surface area contributed by atoms with Gasteiger partial charge < -0.3 is 5.11 Å². The first kappa shape index (κ1) is 7.78. The average molecular weight is 154 g/mol. The molecule has 1 N–H and O–H groups in total. The highest BCUT2D eigenvalue weighted by Crippen LogP contribution is 2.07. The van der Waals surface area contributed by atoms with E-state index in [9.17, 15) is 4.79 Å². The van der Waals surface area contributed by atoms with Gasteiger partial charge in [-0.05, 0) is 6.42 Å². The lowest BCUT2D eigenvalue weighted by Crippen LogP contribution is -2.03. The fourth-order valence-electron chi connectivity index (χ4n) is 1.06. The van der Waals surface area contributed by atoms with Gasteiger partial charge in [0.05, 0.1) is 11.9 Å². The van der Waals surface area contributed by atoms with Crippen molar-refractivity contribution in [3.63, 3.8) is 0 Å². The second-order valence-corrected chi connectivity index (χ2v) is 2.29. The first-order valence-electron chi connectivity index (χ1n) is 3.41. The molecule has 60 valence electrons. The Labute approximate surface area is 64.5 Å². The largest absolute Gasteiger partial charge is 0.478 e. The minimum Gasteiger partial charge on any atom is -0.478 e. The molecule has 1 heterocycles. The molecule has 1 aromatic rings. The molecule has 0 aliphatic rings. The Balaban J connectivity index is 3.15. The van der Waals surface area contributed by atoms with Crippen LogP contribution in [0, 0.1) is 0 Å². The van der Waals surface area contributed by atoms with Crippen LogP contribution < -0.4 is 0 Å². The van der Waals surface area contributed by atoms with Crippen molar-refractivity contribution in [2.75, 3.05) is 0 Å². The van der Waals surface area contributed by atoms with Gasteiger partial charge >= 0.3 is 5.97 Å². The third kappa shape index (κ3) is 1.24. The summed E-state index contributed by atoms with van der Waals surface area (Å²) in [6.07, 6.45) is 2.07. The van der Waals surface area contributed by atoms with Gasteiger partial charge in [0, 0.05) is 7.05 Å². The topological polar surface area (TPSA) is 55.1 Å². The van der Waals surface area contributed by atoms with Crippen LogP contribution in [0.4, 0.5) is 0 Å². The summed E-state index contributed by atoms with van der Waals surface area (Å²) >= 11 is 0. The Bertz CT molecular complexity index is 278. The summed E-state index contributed by atoms with van der Waals surface area (Å²) in [5.41, 5.74) is 1.06. The number of carbonyl (C=O) groups is 1. The molecule has 4 nitrogen and oxygen atoms in total. The number of rotatable bonds is 2. The van der Waals surface area contributed by atoms with E-state index in [0.717, 1.165) is 5.69 Å². The van der Waals surface area contributed by atoms with Gasteiger partial charge in [-0.15, -0.1) is 0 Å². The Hall–Kier alpha value is -1.32. The van der Waals surface area contributed by atoms with Gasteiger partial charge in [0.25, 0.3) is 0 Å². The van der Waals surface area contributed by atoms with Crippen molar-refractivity contribution in [2.45, 2.75) is 13.3 Å². The molecule has 0 spiro atoms. The predicted octanol–water partition coefficient (Wildman–Crippen LogP) is 0.681. The van der Waals surface area contributed by atoms with E-state index in [1.807, 2.05) is 6.92 Å². The molecular formula is C7H10N2O2. The predicted molar refractivity (Wildman–Crippen MR) is 39.5 cm³/mol. The molecule has 0 fully saturated rings. The highest BCUT2D eigenvalue weighted by atomic mass is 16.4. The van der Waals surface area contributed by atoms with Crippen molar-refractivity contribution in [3.8, 4) is 0 Å². The monoisotopic (exact) mass is 154 g/mol. The smallest absolute Gasteiger partial charge is 0.339 e. The van der Waals surface area contributed by atoms with Gasteiger partial charge in [-0.3, -0.25) is 4.68 Å². The molecule has 0 saturated carbocycles. The van der Waals surface area contributed by atoms with Crippen LogP contribution in [0.1, 0.15) is 23.0 Å². The van der Waals surface area contributed by atoms with Gasteiger partial charge in [-0.2, -0.15) is 5.10 Å².